The summed E-state index contributed by atoms with van der Waals surface area (Å²) in [6.45, 7) is 2.04. The fraction of sp³-hybridized carbons (Fsp3) is 0.467. The molecule has 0 radical (unpaired) electrons. The van der Waals surface area contributed by atoms with Crippen LogP contribution in [0.1, 0.15) is 18.9 Å². The largest absolute Gasteiger partial charge is 0.496 e. The van der Waals surface area contributed by atoms with Crippen LogP contribution in [-0.2, 0) is 4.79 Å². The lowest BCUT2D eigenvalue weighted by Crippen LogP contribution is -2.26. The monoisotopic (exact) mass is 385 g/mol. The van der Waals surface area contributed by atoms with Crippen molar-refractivity contribution in [2.75, 3.05) is 25.7 Å². The van der Waals surface area contributed by atoms with Crippen molar-refractivity contribution in [3.05, 3.63) is 27.8 Å². The number of nitrogens with one attached hydrogen (secondary N) is 1. The number of rotatable bonds is 7. The molecule has 136 valence electrons. The average molecular weight is 385 g/mol. The minimum Gasteiger partial charge on any atom is -0.496 e. The fourth-order valence-electron chi connectivity index (χ4n) is 2.31. The molecule has 1 aromatic carbocycles. The molecule has 0 aromatic heterocycles. The minimum atomic E-state index is -0.552. The van der Waals surface area contributed by atoms with Crippen molar-refractivity contribution in [2.24, 2.45) is 5.10 Å². The summed E-state index contributed by atoms with van der Waals surface area (Å²) in [6, 6.07) is 2.70. The number of methoxy groups -OCH3 is 2. The third kappa shape index (κ3) is 5.02. The van der Waals surface area contributed by atoms with E-state index in [4.69, 9.17) is 9.47 Å². The van der Waals surface area contributed by atoms with Crippen molar-refractivity contribution in [1.29, 1.82) is 0 Å². The molecule has 0 unspecified atom stereocenters. The van der Waals surface area contributed by atoms with Gasteiger partial charge < -0.3 is 9.47 Å². The second kappa shape index (κ2) is 8.43. The molecule has 1 N–H and O–H groups in total. The molecule has 1 amide bonds. The third-order valence-corrected chi connectivity index (χ3v) is 6.79. The Morgan fingerprint density at radius 1 is 1.36 bits per heavy atom. The van der Waals surface area contributed by atoms with Crippen LogP contribution in [0.2, 0.25) is 0 Å². The summed E-state index contributed by atoms with van der Waals surface area (Å²) in [4.78, 5) is 22.6. The van der Waals surface area contributed by atoms with Crippen LogP contribution in [0.3, 0.4) is 0 Å². The number of hydrogen-bond acceptors (Lipinski definition) is 8. The number of hydrazone groups is 1. The van der Waals surface area contributed by atoms with E-state index in [0.29, 0.717) is 17.7 Å². The standard InChI is InChI=1S/C15H19N3O5S2/c1-15(24-4-5-25-15)8-14(19)17-16-9-10-6-11(18(20)21)13(23-3)7-12(10)22-2/h6-7,9H,4-5,8H2,1-3H3,(H,17,19)/b16-9-. The SMILES string of the molecule is COc1cc(OC)c([N+](=O)[O-])cc1/C=N\NC(=O)CC1(C)SCCS1. The molecule has 2 rings (SSSR count). The summed E-state index contributed by atoms with van der Waals surface area (Å²) in [5.41, 5.74) is 2.62. The molecule has 0 bridgehead atoms. The number of nitro groups is 1. The first-order valence-electron chi connectivity index (χ1n) is 7.39. The van der Waals surface area contributed by atoms with E-state index in [-0.39, 0.29) is 21.4 Å². The van der Waals surface area contributed by atoms with E-state index < -0.39 is 4.92 Å². The van der Waals surface area contributed by atoms with Gasteiger partial charge in [-0.25, -0.2) is 5.43 Å². The highest BCUT2D eigenvalue weighted by molar-refractivity contribution is 8.21. The van der Waals surface area contributed by atoms with Crippen molar-refractivity contribution in [2.45, 2.75) is 17.4 Å². The molecule has 1 fully saturated rings. The van der Waals surface area contributed by atoms with E-state index in [9.17, 15) is 14.9 Å². The number of carbonyl (C=O) groups is 1. The first-order valence-corrected chi connectivity index (χ1v) is 9.36. The highest BCUT2D eigenvalue weighted by Gasteiger charge is 2.32. The fourth-order valence-corrected chi connectivity index (χ4v) is 5.14. The van der Waals surface area contributed by atoms with Crippen LogP contribution in [0.4, 0.5) is 5.69 Å². The number of carbonyl (C=O) groups excluding carboxylic acids is 1. The van der Waals surface area contributed by atoms with E-state index in [1.807, 2.05) is 6.92 Å². The second-order valence-electron chi connectivity index (χ2n) is 5.32. The molecule has 1 aromatic rings. The molecule has 1 aliphatic rings. The summed E-state index contributed by atoms with van der Waals surface area (Å²) in [6.07, 6.45) is 1.67. The lowest BCUT2D eigenvalue weighted by Gasteiger charge is -2.19. The van der Waals surface area contributed by atoms with Crippen LogP contribution < -0.4 is 14.9 Å². The zero-order valence-electron chi connectivity index (χ0n) is 14.1. The first kappa shape index (κ1) is 19.4. The van der Waals surface area contributed by atoms with Gasteiger partial charge in [-0.15, -0.1) is 23.5 Å². The molecule has 1 aliphatic heterocycles. The number of benzene rings is 1. The van der Waals surface area contributed by atoms with Gasteiger partial charge in [0, 0.05) is 29.2 Å². The van der Waals surface area contributed by atoms with Crippen LogP contribution in [0.15, 0.2) is 17.2 Å². The predicted octanol–water partition coefficient (Wildman–Crippen LogP) is 2.65. The average Bonchev–Trinajstić information content (AvgIpc) is 3.00. The van der Waals surface area contributed by atoms with Crippen LogP contribution >= 0.6 is 23.5 Å². The van der Waals surface area contributed by atoms with E-state index in [0.717, 1.165) is 11.5 Å². The van der Waals surface area contributed by atoms with Gasteiger partial charge in [0.2, 0.25) is 11.7 Å². The van der Waals surface area contributed by atoms with Gasteiger partial charge >= 0.3 is 5.69 Å². The summed E-state index contributed by atoms with van der Waals surface area (Å²) < 4.78 is 10.1. The van der Waals surface area contributed by atoms with E-state index >= 15 is 0 Å². The minimum absolute atomic E-state index is 0.0891. The molecule has 1 heterocycles. The van der Waals surface area contributed by atoms with Gasteiger partial charge in [-0.1, -0.05) is 0 Å². The molecule has 0 aliphatic carbocycles. The van der Waals surface area contributed by atoms with Gasteiger partial charge in [0.15, 0.2) is 0 Å². The van der Waals surface area contributed by atoms with E-state index in [2.05, 4.69) is 10.5 Å². The number of ether oxygens (including phenoxy) is 2. The highest BCUT2D eigenvalue weighted by atomic mass is 32.2. The van der Waals surface area contributed by atoms with Crippen LogP contribution in [0.5, 0.6) is 11.5 Å². The number of amides is 1. The number of nitro benzene ring substituents is 1. The molecule has 10 heteroatoms. The maximum atomic E-state index is 12.0. The van der Waals surface area contributed by atoms with Crippen molar-refractivity contribution >= 4 is 41.3 Å². The Labute approximate surface area is 153 Å². The Morgan fingerprint density at radius 2 is 2.00 bits per heavy atom. The lowest BCUT2D eigenvalue weighted by atomic mass is 10.1. The molecule has 1 saturated heterocycles. The van der Waals surface area contributed by atoms with Crippen LogP contribution in [0, 0.1) is 10.1 Å². The smallest absolute Gasteiger partial charge is 0.311 e. The topological polar surface area (TPSA) is 103 Å². The second-order valence-corrected chi connectivity index (χ2v) is 8.78. The Bertz CT molecular complexity index is 690. The summed E-state index contributed by atoms with van der Waals surface area (Å²) >= 11 is 3.52. The Morgan fingerprint density at radius 3 is 2.56 bits per heavy atom. The van der Waals surface area contributed by atoms with Crippen LogP contribution in [0.25, 0.3) is 0 Å². The normalized spacial score (nSPS) is 16.0. The highest BCUT2D eigenvalue weighted by Crippen LogP contribution is 2.45. The maximum absolute atomic E-state index is 12.0. The molecular formula is C15H19N3O5S2. The van der Waals surface area contributed by atoms with Gasteiger partial charge in [0.1, 0.15) is 5.75 Å². The Kier molecular flexibility index (Phi) is 6.54. The zero-order valence-corrected chi connectivity index (χ0v) is 15.7. The van der Waals surface area contributed by atoms with Crippen molar-refractivity contribution < 1.29 is 19.2 Å². The third-order valence-electron chi connectivity index (χ3n) is 3.50. The lowest BCUT2D eigenvalue weighted by molar-refractivity contribution is -0.385. The molecule has 0 atom stereocenters. The van der Waals surface area contributed by atoms with Gasteiger partial charge in [-0.3, -0.25) is 14.9 Å². The van der Waals surface area contributed by atoms with Crippen molar-refractivity contribution in [1.82, 2.24) is 5.43 Å². The van der Waals surface area contributed by atoms with E-state index in [1.165, 1.54) is 32.6 Å². The van der Waals surface area contributed by atoms with Gasteiger partial charge in [0.05, 0.1) is 35.9 Å². The Hall–Kier alpha value is -1.94. The summed E-state index contributed by atoms with van der Waals surface area (Å²) in [5.74, 6) is 2.30. The van der Waals surface area contributed by atoms with Gasteiger partial charge in [-0.05, 0) is 6.92 Å². The van der Waals surface area contributed by atoms with Crippen molar-refractivity contribution in [3.8, 4) is 11.5 Å². The molecule has 0 spiro atoms. The molecular weight excluding hydrogens is 366 g/mol. The van der Waals surface area contributed by atoms with Crippen LogP contribution in [-0.4, -0.2) is 46.8 Å². The first-order chi connectivity index (χ1) is 11.9. The van der Waals surface area contributed by atoms with Crippen molar-refractivity contribution in [3.63, 3.8) is 0 Å². The maximum Gasteiger partial charge on any atom is 0.311 e. The molecule has 0 saturated carbocycles. The van der Waals surface area contributed by atoms with Gasteiger partial charge in [0.25, 0.3) is 0 Å². The number of hydrogen-bond donors (Lipinski definition) is 1. The number of nitrogens with zero attached hydrogens (tertiary/aromatic N) is 2. The zero-order chi connectivity index (χ0) is 18.4. The van der Waals surface area contributed by atoms with E-state index in [1.54, 1.807) is 23.5 Å². The predicted molar refractivity (Wildman–Crippen MR) is 99.9 cm³/mol. The number of thioether (sulfide) groups is 2. The molecule has 8 nitrogen and oxygen atoms in total. The molecule has 25 heavy (non-hydrogen) atoms. The summed E-state index contributed by atoms with van der Waals surface area (Å²) in [5, 5.41) is 15.0. The quantitative estimate of drug-likeness (QED) is 0.437. The Balaban J connectivity index is 2.10. The summed E-state index contributed by atoms with van der Waals surface area (Å²) in [7, 11) is 2.78. The van der Waals surface area contributed by atoms with Gasteiger partial charge in [-0.2, -0.15) is 5.10 Å².